The summed E-state index contributed by atoms with van der Waals surface area (Å²) in [5.74, 6) is 1.22. The van der Waals surface area contributed by atoms with Crippen molar-refractivity contribution in [3.05, 3.63) is 42.0 Å². The number of hydrogen-bond donors (Lipinski definition) is 1. The van der Waals surface area contributed by atoms with Gasteiger partial charge in [0.15, 0.2) is 11.5 Å². The second-order valence-corrected chi connectivity index (χ2v) is 10.2. The van der Waals surface area contributed by atoms with Crippen LogP contribution in [0.4, 0.5) is 11.4 Å². The summed E-state index contributed by atoms with van der Waals surface area (Å²) in [6.07, 6.45) is 3.59. The first-order valence-corrected chi connectivity index (χ1v) is 12.3. The maximum atomic E-state index is 13.1. The summed E-state index contributed by atoms with van der Waals surface area (Å²) in [6.45, 7) is 1.28. The molecule has 0 aliphatic carbocycles. The fourth-order valence-corrected chi connectivity index (χ4v) is 5.53. The molecule has 1 fully saturated rings. The monoisotopic (exact) mass is 459 g/mol. The first kappa shape index (κ1) is 22.4. The lowest BCUT2D eigenvalue weighted by molar-refractivity contribution is -0.116. The van der Waals surface area contributed by atoms with Gasteiger partial charge in [0.2, 0.25) is 22.7 Å². The van der Waals surface area contributed by atoms with Crippen molar-refractivity contribution in [2.75, 3.05) is 44.2 Å². The number of carbonyl (C=O) groups is 1. The molecule has 0 saturated carbocycles. The Bertz CT molecular complexity index is 1090. The first-order chi connectivity index (χ1) is 15.3. The Balaban J connectivity index is 1.48. The maximum Gasteiger partial charge on any atom is 0.243 e. The quantitative estimate of drug-likeness (QED) is 0.684. The molecule has 2 heterocycles. The number of anilines is 2. The van der Waals surface area contributed by atoms with Crippen molar-refractivity contribution in [3.63, 3.8) is 0 Å². The van der Waals surface area contributed by atoms with Gasteiger partial charge in [-0.3, -0.25) is 4.79 Å². The fraction of sp³-hybridized carbons (Fsp3) is 0.435. The molecule has 1 N–H and O–H groups in total. The van der Waals surface area contributed by atoms with Gasteiger partial charge >= 0.3 is 0 Å². The van der Waals surface area contributed by atoms with Crippen LogP contribution < -0.4 is 19.7 Å². The predicted molar refractivity (Wildman–Crippen MR) is 123 cm³/mol. The van der Waals surface area contributed by atoms with Crippen LogP contribution in [0.2, 0.25) is 0 Å². The highest BCUT2D eigenvalue weighted by Crippen LogP contribution is 2.33. The van der Waals surface area contributed by atoms with E-state index < -0.39 is 10.0 Å². The number of carbonyl (C=O) groups excluding carboxylic acids is 1. The molecule has 8 nitrogen and oxygen atoms in total. The maximum absolute atomic E-state index is 13.1. The molecule has 2 aliphatic rings. The van der Waals surface area contributed by atoms with E-state index in [2.05, 4.69) is 5.32 Å². The molecule has 32 heavy (non-hydrogen) atoms. The number of piperidine rings is 1. The van der Waals surface area contributed by atoms with Gasteiger partial charge in [0.05, 0.1) is 16.3 Å². The first-order valence-electron chi connectivity index (χ1n) is 10.8. The minimum absolute atomic E-state index is 0.182. The minimum atomic E-state index is -3.59. The lowest BCUT2D eigenvalue weighted by Crippen LogP contribution is -2.35. The topological polar surface area (TPSA) is 88.2 Å². The Morgan fingerprint density at radius 1 is 1.03 bits per heavy atom. The van der Waals surface area contributed by atoms with Crippen LogP contribution in [0.3, 0.4) is 0 Å². The molecule has 2 aliphatic heterocycles. The number of amides is 1. The second kappa shape index (κ2) is 9.38. The summed E-state index contributed by atoms with van der Waals surface area (Å²) in [7, 11) is 0.129. The van der Waals surface area contributed by atoms with Crippen molar-refractivity contribution >= 4 is 27.3 Å². The van der Waals surface area contributed by atoms with E-state index in [9.17, 15) is 13.2 Å². The van der Waals surface area contributed by atoms with Crippen LogP contribution in [0.15, 0.2) is 41.3 Å². The smallest absolute Gasteiger partial charge is 0.243 e. The highest BCUT2D eigenvalue weighted by atomic mass is 32.2. The van der Waals surface area contributed by atoms with Crippen molar-refractivity contribution in [1.82, 2.24) is 4.31 Å². The fourth-order valence-electron chi connectivity index (χ4n) is 3.99. The van der Waals surface area contributed by atoms with Crippen molar-refractivity contribution in [2.24, 2.45) is 0 Å². The summed E-state index contributed by atoms with van der Waals surface area (Å²) >= 11 is 0. The van der Waals surface area contributed by atoms with E-state index >= 15 is 0 Å². The van der Waals surface area contributed by atoms with E-state index in [-0.39, 0.29) is 24.0 Å². The van der Waals surface area contributed by atoms with Crippen molar-refractivity contribution < 1.29 is 22.7 Å². The van der Waals surface area contributed by atoms with Gasteiger partial charge in [-0.25, -0.2) is 8.42 Å². The van der Waals surface area contributed by atoms with Crippen LogP contribution in [0.1, 0.15) is 31.2 Å². The molecular formula is C23H29N3O5S. The Kier molecular flexibility index (Phi) is 6.57. The number of sulfonamides is 1. The summed E-state index contributed by atoms with van der Waals surface area (Å²) in [6, 6.07) is 10.6. The van der Waals surface area contributed by atoms with Crippen LogP contribution in [0, 0.1) is 0 Å². The number of nitrogens with one attached hydrogen (secondary N) is 1. The zero-order chi connectivity index (χ0) is 22.7. The van der Waals surface area contributed by atoms with Crippen LogP contribution >= 0.6 is 0 Å². The second-order valence-electron chi connectivity index (χ2n) is 8.27. The summed E-state index contributed by atoms with van der Waals surface area (Å²) in [5, 5.41) is 2.91. The van der Waals surface area contributed by atoms with Gasteiger partial charge in [-0.2, -0.15) is 4.31 Å². The molecule has 0 aromatic heterocycles. The van der Waals surface area contributed by atoms with E-state index in [0.717, 1.165) is 30.5 Å². The van der Waals surface area contributed by atoms with Crippen LogP contribution in [0.5, 0.6) is 11.5 Å². The van der Waals surface area contributed by atoms with Crippen molar-refractivity contribution in [3.8, 4) is 11.5 Å². The zero-order valence-corrected chi connectivity index (χ0v) is 19.3. The van der Waals surface area contributed by atoms with E-state index in [1.165, 1.54) is 4.31 Å². The van der Waals surface area contributed by atoms with Gasteiger partial charge in [0, 0.05) is 33.6 Å². The number of rotatable bonds is 7. The average Bonchev–Trinajstić information content (AvgIpc) is 3.26. The minimum Gasteiger partial charge on any atom is -0.454 e. The van der Waals surface area contributed by atoms with Crippen molar-refractivity contribution in [1.29, 1.82) is 0 Å². The number of ether oxygens (including phenoxy) is 2. The van der Waals surface area contributed by atoms with E-state index in [1.807, 2.05) is 37.2 Å². The van der Waals surface area contributed by atoms with Crippen molar-refractivity contribution in [2.45, 2.75) is 37.0 Å². The largest absolute Gasteiger partial charge is 0.454 e. The Hall–Kier alpha value is -2.78. The molecule has 0 unspecified atom stereocenters. The number of aryl methyl sites for hydroxylation is 1. The molecule has 9 heteroatoms. The van der Waals surface area contributed by atoms with Gasteiger partial charge in [-0.1, -0.05) is 12.5 Å². The lowest BCUT2D eigenvalue weighted by Gasteiger charge is -2.26. The summed E-state index contributed by atoms with van der Waals surface area (Å²) in [4.78, 5) is 14.8. The van der Waals surface area contributed by atoms with Gasteiger partial charge < -0.3 is 19.7 Å². The molecule has 0 radical (unpaired) electrons. The third kappa shape index (κ3) is 4.83. The summed E-state index contributed by atoms with van der Waals surface area (Å²) < 4.78 is 38.4. The number of benzene rings is 2. The number of nitrogens with zero attached hydrogens (tertiary/aromatic N) is 2. The molecule has 172 valence electrons. The number of fused-ring (bicyclic) bond motifs is 1. The van der Waals surface area contributed by atoms with E-state index in [1.54, 1.807) is 18.2 Å². The van der Waals surface area contributed by atoms with Gasteiger partial charge in [0.25, 0.3) is 0 Å². The van der Waals surface area contributed by atoms with E-state index in [0.29, 0.717) is 36.7 Å². The standard InChI is InChI=1S/C23H29N3O5S/c1-25(2)20-9-8-18(32(28,29)26-12-4-3-5-13-26)15-19(20)24-23(27)11-7-17-6-10-21-22(14-17)31-16-30-21/h6,8-10,14-15H,3-5,7,11-13,16H2,1-2H3,(H,24,27). The molecule has 1 saturated heterocycles. The lowest BCUT2D eigenvalue weighted by atomic mass is 10.1. The van der Waals surface area contributed by atoms with Gasteiger partial charge in [0.1, 0.15) is 0 Å². The molecule has 0 spiro atoms. The Morgan fingerprint density at radius 2 is 1.78 bits per heavy atom. The zero-order valence-electron chi connectivity index (χ0n) is 18.5. The Morgan fingerprint density at radius 3 is 2.53 bits per heavy atom. The molecular weight excluding hydrogens is 430 g/mol. The highest BCUT2D eigenvalue weighted by molar-refractivity contribution is 7.89. The molecule has 2 aromatic carbocycles. The molecule has 1 amide bonds. The predicted octanol–water partition coefficient (Wildman–Crippen LogP) is 3.23. The van der Waals surface area contributed by atoms with Gasteiger partial charge in [-0.05, 0) is 55.2 Å². The average molecular weight is 460 g/mol. The Labute approximate surface area is 189 Å². The normalized spacial score (nSPS) is 16.1. The van der Waals surface area contributed by atoms with Crippen LogP contribution in [-0.2, 0) is 21.2 Å². The molecule has 4 rings (SSSR count). The molecule has 0 atom stereocenters. The summed E-state index contributed by atoms with van der Waals surface area (Å²) in [5.41, 5.74) is 2.21. The molecule has 2 aromatic rings. The number of hydrogen-bond acceptors (Lipinski definition) is 6. The van der Waals surface area contributed by atoms with Gasteiger partial charge in [-0.15, -0.1) is 0 Å². The highest BCUT2D eigenvalue weighted by Gasteiger charge is 2.27. The van der Waals surface area contributed by atoms with E-state index in [4.69, 9.17) is 9.47 Å². The van der Waals surface area contributed by atoms with Crippen LogP contribution in [0.25, 0.3) is 0 Å². The SMILES string of the molecule is CN(C)c1ccc(S(=O)(=O)N2CCCCC2)cc1NC(=O)CCc1ccc2c(c1)OCO2. The molecule has 0 bridgehead atoms. The third-order valence-corrected chi connectivity index (χ3v) is 7.65. The van der Waals surface area contributed by atoms with Crippen LogP contribution in [-0.4, -0.2) is 52.6 Å². The third-order valence-electron chi connectivity index (χ3n) is 5.75.